The van der Waals surface area contributed by atoms with Gasteiger partial charge in [-0.3, -0.25) is 0 Å². The Morgan fingerprint density at radius 3 is 2.43 bits per heavy atom. The first-order valence-electron chi connectivity index (χ1n) is 10.0. The fourth-order valence-electron chi connectivity index (χ4n) is 5.66. The molecule has 6 unspecified atom stereocenters. The van der Waals surface area contributed by atoms with Crippen LogP contribution in [0.15, 0.2) is 0 Å². The lowest BCUT2D eigenvalue weighted by Gasteiger charge is -2.38. The van der Waals surface area contributed by atoms with Gasteiger partial charge in [-0.25, -0.2) is 0 Å². The van der Waals surface area contributed by atoms with E-state index in [-0.39, 0.29) is 0 Å². The van der Waals surface area contributed by atoms with E-state index in [4.69, 9.17) is 0 Å². The molecule has 0 aliphatic heterocycles. The van der Waals surface area contributed by atoms with E-state index < -0.39 is 0 Å². The number of fused-ring (bicyclic) bond motifs is 1. The van der Waals surface area contributed by atoms with E-state index in [2.05, 4.69) is 34.6 Å². The van der Waals surface area contributed by atoms with Crippen molar-refractivity contribution in [3.63, 3.8) is 0 Å². The molecule has 0 aromatic heterocycles. The molecule has 2 rings (SSSR count). The van der Waals surface area contributed by atoms with Crippen molar-refractivity contribution in [2.75, 3.05) is 0 Å². The van der Waals surface area contributed by atoms with Gasteiger partial charge >= 0.3 is 0 Å². The standard InChI is InChI=1S/C21H40/c1-6-7-8-10-16(4)13-17(5)21(15(2)3)19-12-9-11-18-14-20(18)19/h15-21H,6-14H2,1-5H3. The van der Waals surface area contributed by atoms with Crippen LogP contribution in [0.4, 0.5) is 0 Å². The summed E-state index contributed by atoms with van der Waals surface area (Å²) in [4.78, 5) is 0. The Balaban J connectivity index is 1.85. The van der Waals surface area contributed by atoms with Crippen LogP contribution in [-0.2, 0) is 0 Å². The Hall–Kier alpha value is 0. The molecule has 124 valence electrons. The maximum Gasteiger partial charge on any atom is -0.0334 e. The number of hydrogen-bond donors (Lipinski definition) is 0. The van der Waals surface area contributed by atoms with Crippen LogP contribution in [-0.4, -0.2) is 0 Å². The van der Waals surface area contributed by atoms with Crippen LogP contribution in [0, 0.1) is 41.4 Å². The molecular formula is C21H40. The van der Waals surface area contributed by atoms with Crippen LogP contribution in [0.25, 0.3) is 0 Å². The second-order valence-corrected chi connectivity index (χ2v) is 8.89. The van der Waals surface area contributed by atoms with Gasteiger partial charge in [-0.05, 0) is 60.7 Å². The highest BCUT2D eigenvalue weighted by atomic mass is 14.5. The van der Waals surface area contributed by atoms with Gasteiger partial charge in [0.15, 0.2) is 0 Å². The lowest BCUT2D eigenvalue weighted by molar-refractivity contribution is 0.110. The zero-order valence-electron chi connectivity index (χ0n) is 15.4. The van der Waals surface area contributed by atoms with Crippen molar-refractivity contribution < 1.29 is 0 Å². The van der Waals surface area contributed by atoms with Crippen molar-refractivity contribution >= 4 is 0 Å². The molecule has 0 nitrogen and oxygen atoms in total. The molecule has 6 atom stereocenters. The first-order chi connectivity index (χ1) is 10.0. The quantitative estimate of drug-likeness (QED) is 0.404. The summed E-state index contributed by atoms with van der Waals surface area (Å²) in [5.74, 6) is 7.09. The smallest absolute Gasteiger partial charge is 0.0334 e. The molecule has 0 saturated heterocycles. The third kappa shape index (κ3) is 4.73. The number of rotatable bonds is 9. The van der Waals surface area contributed by atoms with Gasteiger partial charge < -0.3 is 0 Å². The van der Waals surface area contributed by atoms with Crippen molar-refractivity contribution in [1.29, 1.82) is 0 Å². The third-order valence-corrected chi connectivity index (χ3v) is 6.64. The average Bonchev–Trinajstić information content (AvgIpc) is 3.18. The Kier molecular flexibility index (Phi) is 6.63. The van der Waals surface area contributed by atoms with Crippen LogP contribution < -0.4 is 0 Å². The number of hydrogen-bond acceptors (Lipinski definition) is 0. The summed E-state index contributed by atoms with van der Waals surface area (Å²) in [5, 5.41) is 0. The molecule has 21 heavy (non-hydrogen) atoms. The van der Waals surface area contributed by atoms with Gasteiger partial charge in [0.25, 0.3) is 0 Å². The van der Waals surface area contributed by atoms with Crippen LogP contribution in [0.3, 0.4) is 0 Å². The summed E-state index contributed by atoms with van der Waals surface area (Å²) in [7, 11) is 0. The van der Waals surface area contributed by atoms with Gasteiger partial charge in [0, 0.05) is 0 Å². The van der Waals surface area contributed by atoms with Gasteiger partial charge in [0.2, 0.25) is 0 Å². The molecule has 0 aromatic carbocycles. The summed E-state index contributed by atoms with van der Waals surface area (Å²) >= 11 is 0. The zero-order valence-corrected chi connectivity index (χ0v) is 15.4. The predicted octanol–water partition coefficient (Wildman–Crippen LogP) is 6.94. The summed E-state index contributed by atoms with van der Waals surface area (Å²) in [6.07, 6.45) is 13.4. The van der Waals surface area contributed by atoms with Gasteiger partial charge in [0.05, 0.1) is 0 Å². The molecule has 2 saturated carbocycles. The van der Waals surface area contributed by atoms with Crippen molar-refractivity contribution in [3.05, 3.63) is 0 Å². The fourth-order valence-corrected chi connectivity index (χ4v) is 5.66. The second-order valence-electron chi connectivity index (χ2n) is 8.89. The third-order valence-electron chi connectivity index (χ3n) is 6.64. The Labute approximate surface area is 134 Å². The minimum atomic E-state index is 0.882. The van der Waals surface area contributed by atoms with Gasteiger partial charge in [-0.1, -0.05) is 73.1 Å². The lowest BCUT2D eigenvalue weighted by atomic mass is 9.67. The van der Waals surface area contributed by atoms with Crippen molar-refractivity contribution in [2.45, 2.75) is 92.4 Å². The number of unbranched alkanes of at least 4 members (excludes halogenated alkanes) is 2. The van der Waals surface area contributed by atoms with Gasteiger partial charge in [-0.2, -0.15) is 0 Å². The first kappa shape index (κ1) is 17.4. The van der Waals surface area contributed by atoms with E-state index in [1.165, 1.54) is 38.5 Å². The van der Waals surface area contributed by atoms with Gasteiger partial charge in [-0.15, -0.1) is 0 Å². The van der Waals surface area contributed by atoms with E-state index in [9.17, 15) is 0 Å². The molecule has 0 bridgehead atoms. The Morgan fingerprint density at radius 1 is 1.00 bits per heavy atom. The van der Waals surface area contributed by atoms with Crippen LogP contribution in [0.1, 0.15) is 92.4 Å². The highest BCUT2D eigenvalue weighted by Crippen LogP contribution is 2.57. The molecule has 0 spiro atoms. The van der Waals surface area contributed by atoms with Gasteiger partial charge in [0.1, 0.15) is 0 Å². The van der Waals surface area contributed by atoms with E-state index in [0.717, 1.165) is 41.4 Å². The normalized spacial score (nSPS) is 32.6. The fraction of sp³-hybridized carbons (Fsp3) is 1.00. The maximum atomic E-state index is 2.58. The second kappa shape index (κ2) is 8.02. The minimum absolute atomic E-state index is 0.882. The SMILES string of the molecule is CCCCCC(C)CC(C)C(C(C)C)C1CCCC2CC21. The van der Waals surface area contributed by atoms with Crippen molar-refractivity contribution in [3.8, 4) is 0 Å². The molecule has 2 aliphatic carbocycles. The van der Waals surface area contributed by atoms with Crippen LogP contribution >= 0.6 is 0 Å². The first-order valence-corrected chi connectivity index (χ1v) is 10.0. The molecule has 0 aromatic rings. The molecule has 0 N–H and O–H groups in total. The molecule has 2 fully saturated rings. The Bertz CT molecular complexity index is 292. The molecule has 0 amide bonds. The van der Waals surface area contributed by atoms with E-state index in [1.807, 2.05) is 0 Å². The largest absolute Gasteiger partial charge is 0.0654 e. The van der Waals surface area contributed by atoms with E-state index in [1.54, 1.807) is 19.3 Å². The maximum absolute atomic E-state index is 2.58. The summed E-state index contributed by atoms with van der Waals surface area (Å²) in [5.41, 5.74) is 0. The average molecular weight is 293 g/mol. The predicted molar refractivity (Wildman–Crippen MR) is 94.4 cm³/mol. The zero-order chi connectivity index (χ0) is 15.4. The minimum Gasteiger partial charge on any atom is -0.0654 e. The highest BCUT2D eigenvalue weighted by Gasteiger charge is 2.49. The summed E-state index contributed by atoms with van der Waals surface area (Å²) in [6, 6.07) is 0. The topological polar surface area (TPSA) is 0 Å². The monoisotopic (exact) mass is 292 g/mol. The van der Waals surface area contributed by atoms with E-state index >= 15 is 0 Å². The van der Waals surface area contributed by atoms with Crippen LogP contribution in [0.2, 0.25) is 0 Å². The molecular weight excluding hydrogens is 252 g/mol. The van der Waals surface area contributed by atoms with Crippen molar-refractivity contribution in [2.24, 2.45) is 41.4 Å². The summed E-state index contributed by atoms with van der Waals surface area (Å²) in [6.45, 7) is 12.4. The van der Waals surface area contributed by atoms with Crippen LogP contribution in [0.5, 0.6) is 0 Å². The highest BCUT2D eigenvalue weighted by molar-refractivity contribution is 4.98. The van der Waals surface area contributed by atoms with Crippen molar-refractivity contribution in [1.82, 2.24) is 0 Å². The molecule has 0 heteroatoms. The molecule has 0 heterocycles. The summed E-state index contributed by atoms with van der Waals surface area (Å²) < 4.78 is 0. The Morgan fingerprint density at radius 2 is 1.76 bits per heavy atom. The molecule has 0 radical (unpaired) electrons. The molecule has 2 aliphatic rings. The lowest BCUT2D eigenvalue weighted by Crippen LogP contribution is -2.31. The van der Waals surface area contributed by atoms with E-state index in [0.29, 0.717) is 0 Å².